The van der Waals surface area contributed by atoms with E-state index in [4.69, 9.17) is 5.11 Å². The number of hydrogen-bond acceptors (Lipinski definition) is 2. The highest BCUT2D eigenvalue weighted by molar-refractivity contribution is 5.70. The number of nitrogens with zero attached hydrogens (tertiary/aromatic N) is 1. The normalized spacial score (nSPS) is 20.3. The second-order valence-electron chi connectivity index (χ2n) is 4.93. The van der Waals surface area contributed by atoms with Gasteiger partial charge in [-0.05, 0) is 36.5 Å². The van der Waals surface area contributed by atoms with Crippen molar-refractivity contribution < 1.29 is 9.90 Å². The molecule has 0 aliphatic carbocycles. The van der Waals surface area contributed by atoms with Crippen molar-refractivity contribution in [2.45, 2.75) is 26.2 Å². The quantitative estimate of drug-likeness (QED) is 0.872. The number of piperidine rings is 1. The first kappa shape index (κ1) is 12.0. The average Bonchev–Trinajstić information content (AvgIpc) is 2.28. The third-order valence-electron chi connectivity index (χ3n) is 3.29. The largest absolute Gasteiger partial charge is 0.481 e. The summed E-state index contributed by atoms with van der Waals surface area (Å²) in [5.41, 5.74) is 2.04. The Balaban J connectivity index is 2.12. The standard InChI is InChI=1S/C14H19NO2/c1-11-4-3-7-15(10-11)13-6-2-5-12(8-13)9-14(16)17/h2,5-6,8,11H,3-4,7,9-10H2,1H3,(H,16,17). The molecule has 1 unspecified atom stereocenters. The third-order valence-corrected chi connectivity index (χ3v) is 3.29. The molecule has 92 valence electrons. The van der Waals surface area contributed by atoms with Crippen LogP contribution in [0.2, 0.25) is 0 Å². The van der Waals surface area contributed by atoms with Gasteiger partial charge >= 0.3 is 5.97 Å². The fourth-order valence-corrected chi connectivity index (χ4v) is 2.46. The number of rotatable bonds is 3. The molecule has 1 aromatic carbocycles. The zero-order valence-electron chi connectivity index (χ0n) is 10.2. The smallest absolute Gasteiger partial charge is 0.307 e. The highest BCUT2D eigenvalue weighted by atomic mass is 16.4. The van der Waals surface area contributed by atoms with Crippen molar-refractivity contribution in [3.05, 3.63) is 29.8 Å². The SMILES string of the molecule is CC1CCCN(c2cccc(CC(=O)O)c2)C1. The van der Waals surface area contributed by atoms with E-state index in [2.05, 4.69) is 17.9 Å². The Morgan fingerprint density at radius 1 is 1.53 bits per heavy atom. The first-order valence-electron chi connectivity index (χ1n) is 6.21. The lowest BCUT2D eigenvalue weighted by Gasteiger charge is -2.33. The van der Waals surface area contributed by atoms with Gasteiger partial charge in [-0.1, -0.05) is 19.1 Å². The lowest BCUT2D eigenvalue weighted by atomic mass is 9.99. The van der Waals surface area contributed by atoms with E-state index < -0.39 is 5.97 Å². The number of aliphatic carboxylic acids is 1. The minimum atomic E-state index is -0.769. The van der Waals surface area contributed by atoms with Crippen molar-refractivity contribution in [2.24, 2.45) is 5.92 Å². The lowest BCUT2D eigenvalue weighted by Crippen LogP contribution is -2.34. The molecule has 1 fully saturated rings. The minimum Gasteiger partial charge on any atom is -0.481 e. The average molecular weight is 233 g/mol. The molecular weight excluding hydrogens is 214 g/mol. The fraction of sp³-hybridized carbons (Fsp3) is 0.500. The number of hydrogen-bond donors (Lipinski definition) is 1. The zero-order chi connectivity index (χ0) is 12.3. The molecule has 3 nitrogen and oxygen atoms in total. The van der Waals surface area contributed by atoms with Crippen LogP contribution in [0.25, 0.3) is 0 Å². The molecule has 0 aromatic heterocycles. The predicted octanol–water partition coefficient (Wildman–Crippen LogP) is 2.55. The van der Waals surface area contributed by atoms with Crippen molar-refractivity contribution in [3.63, 3.8) is 0 Å². The van der Waals surface area contributed by atoms with Gasteiger partial charge in [-0.15, -0.1) is 0 Å². The van der Waals surface area contributed by atoms with Crippen LogP contribution in [0.1, 0.15) is 25.3 Å². The maximum Gasteiger partial charge on any atom is 0.307 e. The summed E-state index contributed by atoms with van der Waals surface area (Å²) in [6, 6.07) is 7.91. The van der Waals surface area contributed by atoms with E-state index in [9.17, 15) is 4.79 Å². The Morgan fingerprint density at radius 3 is 3.06 bits per heavy atom. The third kappa shape index (κ3) is 3.22. The van der Waals surface area contributed by atoms with E-state index in [1.807, 2.05) is 18.2 Å². The maximum atomic E-state index is 10.7. The van der Waals surface area contributed by atoms with Gasteiger partial charge in [-0.2, -0.15) is 0 Å². The first-order valence-corrected chi connectivity index (χ1v) is 6.21. The van der Waals surface area contributed by atoms with E-state index >= 15 is 0 Å². The van der Waals surface area contributed by atoms with Gasteiger partial charge in [-0.25, -0.2) is 0 Å². The number of carboxylic acid groups (broad SMARTS) is 1. The molecular formula is C14H19NO2. The topological polar surface area (TPSA) is 40.5 Å². The predicted molar refractivity (Wildman–Crippen MR) is 68.4 cm³/mol. The molecule has 0 amide bonds. The van der Waals surface area contributed by atoms with Gasteiger partial charge < -0.3 is 10.0 Å². The molecule has 3 heteroatoms. The summed E-state index contributed by atoms with van der Waals surface area (Å²) in [6.45, 7) is 4.44. The summed E-state index contributed by atoms with van der Waals surface area (Å²) in [4.78, 5) is 13.1. The van der Waals surface area contributed by atoms with Crippen LogP contribution in [-0.4, -0.2) is 24.2 Å². The van der Waals surface area contributed by atoms with E-state index in [-0.39, 0.29) is 6.42 Å². The molecule has 1 aromatic rings. The van der Waals surface area contributed by atoms with Crippen LogP contribution in [0.4, 0.5) is 5.69 Å². The number of carboxylic acids is 1. The van der Waals surface area contributed by atoms with Crippen LogP contribution in [0.5, 0.6) is 0 Å². The van der Waals surface area contributed by atoms with E-state index in [1.165, 1.54) is 12.8 Å². The molecule has 1 atom stereocenters. The molecule has 17 heavy (non-hydrogen) atoms. The summed E-state index contributed by atoms with van der Waals surface area (Å²) < 4.78 is 0. The molecule has 1 saturated heterocycles. The van der Waals surface area contributed by atoms with Gasteiger partial charge in [-0.3, -0.25) is 4.79 Å². The van der Waals surface area contributed by atoms with E-state index in [0.29, 0.717) is 0 Å². The fourth-order valence-electron chi connectivity index (χ4n) is 2.46. The van der Waals surface area contributed by atoms with Crippen molar-refractivity contribution >= 4 is 11.7 Å². The molecule has 0 bridgehead atoms. The number of anilines is 1. The van der Waals surface area contributed by atoms with Crippen molar-refractivity contribution in [1.29, 1.82) is 0 Å². The Labute approximate surface area is 102 Å². The van der Waals surface area contributed by atoms with Crippen LogP contribution in [0, 0.1) is 5.92 Å². The van der Waals surface area contributed by atoms with Crippen LogP contribution >= 0.6 is 0 Å². The summed E-state index contributed by atoms with van der Waals surface area (Å²) in [7, 11) is 0. The van der Waals surface area contributed by atoms with Crippen LogP contribution in [0.3, 0.4) is 0 Å². The molecule has 0 radical (unpaired) electrons. The first-order chi connectivity index (χ1) is 8.15. The summed E-state index contributed by atoms with van der Waals surface area (Å²) in [5.74, 6) is -0.0407. The second kappa shape index (κ2) is 5.21. The van der Waals surface area contributed by atoms with Gasteiger partial charge in [0.15, 0.2) is 0 Å². The summed E-state index contributed by atoms with van der Waals surface area (Å²) in [6.07, 6.45) is 2.63. The Hall–Kier alpha value is -1.51. The molecule has 1 aliphatic heterocycles. The van der Waals surface area contributed by atoms with Gasteiger partial charge in [0.2, 0.25) is 0 Å². The zero-order valence-corrected chi connectivity index (χ0v) is 10.2. The minimum absolute atomic E-state index is 0.108. The molecule has 0 saturated carbocycles. The summed E-state index contributed by atoms with van der Waals surface area (Å²) in [5, 5.41) is 8.80. The van der Waals surface area contributed by atoms with E-state index in [0.717, 1.165) is 30.3 Å². The van der Waals surface area contributed by atoms with Crippen LogP contribution in [0.15, 0.2) is 24.3 Å². The van der Waals surface area contributed by atoms with Crippen molar-refractivity contribution in [3.8, 4) is 0 Å². The lowest BCUT2D eigenvalue weighted by molar-refractivity contribution is -0.136. The monoisotopic (exact) mass is 233 g/mol. The molecule has 1 heterocycles. The van der Waals surface area contributed by atoms with Gasteiger partial charge in [0.1, 0.15) is 0 Å². The summed E-state index contributed by atoms with van der Waals surface area (Å²) >= 11 is 0. The van der Waals surface area contributed by atoms with Crippen molar-refractivity contribution in [1.82, 2.24) is 0 Å². The van der Waals surface area contributed by atoms with Crippen LogP contribution < -0.4 is 4.90 Å². The highest BCUT2D eigenvalue weighted by Crippen LogP contribution is 2.23. The Bertz CT molecular complexity index is 403. The molecule has 1 N–H and O–H groups in total. The van der Waals surface area contributed by atoms with Crippen molar-refractivity contribution in [2.75, 3.05) is 18.0 Å². The van der Waals surface area contributed by atoms with Gasteiger partial charge in [0, 0.05) is 18.8 Å². The van der Waals surface area contributed by atoms with Gasteiger partial charge in [0.25, 0.3) is 0 Å². The number of carbonyl (C=O) groups is 1. The maximum absolute atomic E-state index is 10.7. The highest BCUT2D eigenvalue weighted by Gasteiger charge is 2.16. The number of benzene rings is 1. The molecule has 1 aliphatic rings. The van der Waals surface area contributed by atoms with Crippen LogP contribution in [-0.2, 0) is 11.2 Å². The second-order valence-corrected chi connectivity index (χ2v) is 4.93. The Kier molecular flexibility index (Phi) is 3.67. The molecule has 2 rings (SSSR count). The van der Waals surface area contributed by atoms with E-state index in [1.54, 1.807) is 0 Å². The molecule has 0 spiro atoms. The Morgan fingerprint density at radius 2 is 2.35 bits per heavy atom. The van der Waals surface area contributed by atoms with Gasteiger partial charge in [0.05, 0.1) is 6.42 Å².